The van der Waals surface area contributed by atoms with E-state index in [1.54, 1.807) is 7.11 Å². The average Bonchev–Trinajstić information content (AvgIpc) is 2.67. The van der Waals surface area contributed by atoms with Crippen molar-refractivity contribution in [1.29, 1.82) is 0 Å². The molecule has 1 rings (SSSR count). The summed E-state index contributed by atoms with van der Waals surface area (Å²) < 4.78 is 10.3. The van der Waals surface area contributed by atoms with Crippen molar-refractivity contribution in [2.45, 2.75) is 38.5 Å². The minimum atomic E-state index is -0.0426. The Morgan fingerprint density at radius 2 is 1.77 bits per heavy atom. The topological polar surface area (TPSA) is 64.2 Å². The van der Waals surface area contributed by atoms with Gasteiger partial charge in [-0.05, 0) is 37.1 Å². The van der Waals surface area contributed by atoms with Gasteiger partial charge in [0.05, 0.1) is 26.4 Å². The summed E-state index contributed by atoms with van der Waals surface area (Å²) in [7, 11) is 1.64. The molecule has 0 saturated heterocycles. The molecule has 0 saturated carbocycles. The summed E-state index contributed by atoms with van der Waals surface area (Å²) in [6.07, 6.45) is 7.50. The van der Waals surface area contributed by atoms with Crippen molar-refractivity contribution in [3.8, 4) is 0 Å². The molecule has 3 N–H and O–H groups in total. The van der Waals surface area contributed by atoms with Crippen molar-refractivity contribution in [1.82, 2.24) is 5.32 Å². The maximum atomic E-state index is 12.4. The number of carbonyl (C=O) groups excluding carboxylic acids is 1. The van der Waals surface area contributed by atoms with Crippen LogP contribution in [0.1, 0.15) is 48.9 Å². The first-order chi connectivity index (χ1) is 12.8. The van der Waals surface area contributed by atoms with E-state index in [9.17, 15) is 4.79 Å². The van der Waals surface area contributed by atoms with Crippen molar-refractivity contribution in [3.63, 3.8) is 0 Å². The SMILES string of the molecule is COCCOCCNC(=O)c1ccccc1[NH2+]CCCCCCCCS. The van der Waals surface area contributed by atoms with Crippen LogP contribution in [0.25, 0.3) is 0 Å². The monoisotopic (exact) mass is 383 g/mol. The number of unbranched alkanes of at least 4 members (excludes halogenated alkanes) is 5. The highest BCUT2D eigenvalue weighted by Gasteiger charge is 2.13. The van der Waals surface area contributed by atoms with Crippen LogP contribution in [0.3, 0.4) is 0 Å². The summed E-state index contributed by atoms with van der Waals surface area (Å²) in [6.45, 7) is 3.13. The molecule has 0 aliphatic heterocycles. The lowest BCUT2D eigenvalue weighted by Crippen LogP contribution is -2.78. The highest BCUT2D eigenvalue weighted by atomic mass is 32.1. The number of carbonyl (C=O) groups is 1. The lowest BCUT2D eigenvalue weighted by atomic mass is 10.1. The normalized spacial score (nSPS) is 10.8. The van der Waals surface area contributed by atoms with E-state index in [0.717, 1.165) is 23.5 Å². The molecule has 0 aromatic heterocycles. The van der Waals surface area contributed by atoms with Gasteiger partial charge in [0.25, 0.3) is 5.91 Å². The van der Waals surface area contributed by atoms with Gasteiger partial charge in [-0.25, -0.2) is 0 Å². The lowest BCUT2D eigenvalue weighted by Gasteiger charge is -2.09. The van der Waals surface area contributed by atoms with E-state index in [1.807, 2.05) is 24.3 Å². The molecule has 0 spiro atoms. The number of thiol groups is 1. The summed E-state index contributed by atoms with van der Waals surface area (Å²) in [6, 6.07) is 7.78. The van der Waals surface area contributed by atoms with Gasteiger partial charge in [-0.15, -0.1) is 0 Å². The van der Waals surface area contributed by atoms with Gasteiger partial charge in [-0.1, -0.05) is 31.4 Å². The van der Waals surface area contributed by atoms with Crippen LogP contribution >= 0.6 is 12.6 Å². The second kappa shape index (κ2) is 16.1. The largest absolute Gasteiger partial charge is 0.382 e. The van der Waals surface area contributed by atoms with Crippen LogP contribution in [0.4, 0.5) is 5.69 Å². The van der Waals surface area contributed by atoms with Gasteiger partial charge in [-0.3, -0.25) is 4.79 Å². The van der Waals surface area contributed by atoms with Crippen LogP contribution in [-0.4, -0.2) is 51.7 Å². The third kappa shape index (κ3) is 10.8. The van der Waals surface area contributed by atoms with Gasteiger partial charge in [0.2, 0.25) is 0 Å². The zero-order chi connectivity index (χ0) is 18.9. The fourth-order valence-electron chi connectivity index (χ4n) is 2.68. The first kappa shape index (κ1) is 23.0. The molecular weight excluding hydrogens is 348 g/mol. The van der Waals surface area contributed by atoms with Crippen LogP contribution < -0.4 is 10.6 Å². The van der Waals surface area contributed by atoms with E-state index in [2.05, 4.69) is 23.3 Å². The van der Waals surface area contributed by atoms with Crippen molar-refractivity contribution in [3.05, 3.63) is 29.8 Å². The molecule has 1 amide bonds. The standard InChI is InChI=1S/C20H34N2O3S/c1-24-15-16-25-14-13-22-20(23)18-10-6-7-11-19(18)21-12-8-4-2-3-5-9-17-26/h6-7,10-11,21,26H,2-5,8-9,12-17H2,1H3,(H,22,23)/p+1. The fraction of sp³-hybridized carbons (Fsp3) is 0.650. The molecule has 0 bridgehead atoms. The third-order valence-electron chi connectivity index (χ3n) is 4.15. The number of hydrogen-bond acceptors (Lipinski definition) is 4. The number of para-hydroxylation sites is 1. The van der Waals surface area contributed by atoms with E-state index >= 15 is 0 Å². The number of ether oxygens (including phenoxy) is 2. The fourth-order valence-corrected chi connectivity index (χ4v) is 2.90. The van der Waals surface area contributed by atoms with Crippen molar-refractivity contribution < 1.29 is 19.6 Å². The van der Waals surface area contributed by atoms with Gasteiger partial charge in [0.1, 0.15) is 11.3 Å². The summed E-state index contributed by atoms with van der Waals surface area (Å²) in [5.41, 5.74) is 1.75. The van der Waals surface area contributed by atoms with Crippen LogP contribution in [0.2, 0.25) is 0 Å². The van der Waals surface area contributed by atoms with Crippen LogP contribution in [-0.2, 0) is 9.47 Å². The molecule has 0 fully saturated rings. The van der Waals surface area contributed by atoms with Gasteiger partial charge >= 0.3 is 0 Å². The maximum Gasteiger partial charge on any atom is 0.257 e. The van der Waals surface area contributed by atoms with Crippen molar-refractivity contribution in [2.75, 3.05) is 45.8 Å². The van der Waals surface area contributed by atoms with E-state index in [-0.39, 0.29) is 5.91 Å². The summed E-state index contributed by atoms with van der Waals surface area (Å²) in [4.78, 5) is 12.4. The van der Waals surface area contributed by atoms with Gasteiger partial charge < -0.3 is 20.1 Å². The molecule has 0 aliphatic carbocycles. The maximum absolute atomic E-state index is 12.4. The first-order valence-corrected chi connectivity index (χ1v) is 10.3. The van der Waals surface area contributed by atoms with E-state index in [0.29, 0.717) is 26.4 Å². The Morgan fingerprint density at radius 3 is 2.54 bits per heavy atom. The second-order valence-corrected chi connectivity index (χ2v) is 6.73. The van der Waals surface area contributed by atoms with Gasteiger partial charge in [-0.2, -0.15) is 12.6 Å². The highest BCUT2D eigenvalue weighted by molar-refractivity contribution is 7.80. The zero-order valence-corrected chi connectivity index (χ0v) is 16.9. The molecule has 0 atom stereocenters. The molecular formula is C20H35N2O3S+. The summed E-state index contributed by atoms with van der Waals surface area (Å²) in [5, 5.41) is 5.09. The molecule has 0 unspecified atom stereocenters. The number of nitrogens with one attached hydrogen (secondary N) is 1. The Bertz CT molecular complexity index is 486. The molecule has 6 heteroatoms. The minimum absolute atomic E-state index is 0.0426. The van der Waals surface area contributed by atoms with E-state index in [4.69, 9.17) is 9.47 Å². The number of methoxy groups -OCH3 is 1. The van der Waals surface area contributed by atoms with Crippen molar-refractivity contribution >= 4 is 24.2 Å². The van der Waals surface area contributed by atoms with E-state index in [1.165, 1.54) is 38.5 Å². The summed E-state index contributed by atoms with van der Waals surface area (Å²) >= 11 is 4.24. The molecule has 1 aromatic carbocycles. The average molecular weight is 384 g/mol. The second-order valence-electron chi connectivity index (χ2n) is 6.29. The van der Waals surface area contributed by atoms with Crippen LogP contribution in [0.5, 0.6) is 0 Å². The minimum Gasteiger partial charge on any atom is -0.382 e. The Morgan fingerprint density at radius 1 is 1.04 bits per heavy atom. The predicted molar refractivity (Wildman–Crippen MR) is 109 cm³/mol. The number of hydrogen-bond donors (Lipinski definition) is 3. The number of benzene rings is 1. The van der Waals surface area contributed by atoms with Crippen LogP contribution in [0, 0.1) is 0 Å². The molecule has 148 valence electrons. The molecule has 0 heterocycles. The Hall–Kier alpha value is -1.08. The van der Waals surface area contributed by atoms with Crippen molar-refractivity contribution in [2.24, 2.45) is 0 Å². The number of rotatable bonds is 16. The Kier molecular flexibility index (Phi) is 14.2. The number of nitrogens with two attached hydrogens (primary N) is 1. The Labute approximate surface area is 163 Å². The lowest BCUT2D eigenvalue weighted by molar-refractivity contribution is -0.572. The smallest absolute Gasteiger partial charge is 0.257 e. The van der Waals surface area contributed by atoms with Crippen LogP contribution in [0.15, 0.2) is 24.3 Å². The zero-order valence-electron chi connectivity index (χ0n) is 16.0. The predicted octanol–water partition coefficient (Wildman–Crippen LogP) is 2.54. The number of quaternary nitrogens is 1. The molecule has 0 aliphatic rings. The van der Waals surface area contributed by atoms with Gasteiger partial charge in [0.15, 0.2) is 0 Å². The van der Waals surface area contributed by atoms with E-state index < -0.39 is 0 Å². The van der Waals surface area contributed by atoms with Gasteiger partial charge in [0, 0.05) is 13.7 Å². The highest BCUT2D eigenvalue weighted by Crippen LogP contribution is 2.09. The third-order valence-corrected chi connectivity index (χ3v) is 4.46. The quantitative estimate of drug-likeness (QED) is 0.233. The molecule has 0 radical (unpaired) electrons. The first-order valence-electron chi connectivity index (χ1n) is 9.67. The molecule has 5 nitrogen and oxygen atoms in total. The molecule has 26 heavy (non-hydrogen) atoms. The molecule has 1 aromatic rings. The Balaban J connectivity index is 2.25. The summed E-state index contributed by atoms with van der Waals surface area (Å²) in [5.74, 6) is 0.949. The number of amides is 1.